The van der Waals surface area contributed by atoms with Crippen molar-refractivity contribution >= 4 is 56.0 Å². The van der Waals surface area contributed by atoms with E-state index in [2.05, 4.69) is 25.1 Å². The third-order valence-corrected chi connectivity index (χ3v) is 7.86. The molecule has 1 amide bonds. The second-order valence-electron chi connectivity index (χ2n) is 9.29. The maximum Gasteiger partial charge on any atom is 0.274 e. The van der Waals surface area contributed by atoms with Crippen molar-refractivity contribution in [2.24, 2.45) is 4.99 Å². The van der Waals surface area contributed by atoms with E-state index in [9.17, 15) is 4.79 Å². The van der Waals surface area contributed by atoms with Gasteiger partial charge in [-0.1, -0.05) is 23.5 Å². The number of anilines is 3. The Balaban J connectivity index is 1.33. The first-order chi connectivity index (χ1) is 17.2. The molecule has 3 aliphatic heterocycles. The zero-order valence-corrected chi connectivity index (χ0v) is 20.6. The highest BCUT2D eigenvalue weighted by atomic mass is 32.1. The Hall–Kier alpha value is -3.33. The van der Waals surface area contributed by atoms with Gasteiger partial charge in [-0.2, -0.15) is 4.98 Å². The standard InChI is InChI=1S/C26H29N7OS/c34-25(20-9-7-8-19(28-20)18-10-11-27-17-18)29-21-16-22-23(30-24(21)32-12-3-1-4-13-32)31-26(35-22)33-14-5-2-6-15-33/h7-10,16-17H,1-6,11-15H2,(H,29,34). The number of aromatic nitrogens is 3. The van der Waals surface area contributed by atoms with Crippen LogP contribution >= 0.6 is 11.3 Å². The fourth-order valence-electron chi connectivity index (χ4n) is 4.94. The normalized spacial score (nSPS) is 18.2. The summed E-state index contributed by atoms with van der Waals surface area (Å²) in [6.45, 7) is 4.63. The highest BCUT2D eigenvalue weighted by Crippen LogP contribution is 2.36. The number of pyridine rings is 2. The number of allylic oxidation sites excluding steroid dienone is 1. The number of hydrogen-bond acceptors (Lipinski definition) is 8. The number of aliphatic imine (C=N–C) groups is 1. The second kappa shape index (κ2) is 9.73. The molecule has 1 N–H and O–H groups in total. The average Bonchev–Trinajstić information content (AvgIpc) is 3.60. The zero-order valence-electron chi connectivity index (χ0n) is 19.7. The molecular formula is C26H29N7OS. The number of nitrogens with one attached hydrogen (secondary N) is 1. The predicted octanol–water partition coefficient (Wildman–Crippen LogP) is 4.79. The molecule has 3 aromatic heterocycles. The molecule has 35 heavy (non-hydrogen) atoms. The monoisotopic (exact) mass is 487 g/mol. The summed E-state index contributed by atoms with van der Waals surface area (Å²) in [4.78, 5) is 36.7. The van der Waals surface area contributed by atoms with Crippen LogP contribution in [0.2, 0.25) is 0 Å². The van der Waals surface area contributed by atoms with Gasteiger partial charge in [0.05, 0.1) is 22.6 Å². The van der Waals surface area contributed by atoms with E-state index >= 15 is 0 Å². The Morgan fingerprint density at radius 2 is 1.69 bits per heavy atom. The molecular weight excluding hydrogens is 458 g/mol. The number of carbonyl (C=O) groups is 1. The van der Waals surface area contributed by atoms with Crippen LogP contribution in [0.3, 0.4) is 0 Å². The lowest BCUT2D eigenvalue weighted by atomic mass is 10.1. The quantitative estimate of drug-likeness (QED) is 0.557. The Kier molecular flexibility index (Phi) is 6.16. The molecule has 8 nitrogen and oxygen atoms in total. The van der Waals surface area contributed by atoms with Gasteiger partial charge in [-0.3, -0.25) is 9.79 Å². The van der Waals surface area contributed by atoms with Gasteiger partial charge in [-0.25, -0.2) is 9.97 Å². The summed E-state index contributed by atoms with van der Waals surface area (Å²) in [6.07, 6.45) is 11.0. The summed E-state index contributed by atoms with van der Waals surface area (Å²) in [6, 6.07) is 7.57. The number of amides is 1. The Bertz CT molecular complexity index is 1300. The molecule has 3 aromatic rings. The summed E-state index contributed by atoms with van der Waals surface area (Å²) in [5, 5.41) is 4.16. The molecule has 180 valence electrons. The van der Waals surface area contributed by atoms with E-state index in [4.69, 9.17) is 9.97 Å². The Morgan fingerprint density at radius 1 is 0.914 bits per heavy atom. The number of piperidine rings is 2. The van der Waals surface area contributed by atoms with Crippen molar-refractivity contribution in [3.8, 4) is 0 Å². The molecule has 2 saturated heterocycles. The zero-order chi connectivity index (χ0) is 23.6. The SMILES string of the molecule is O=C(Nc1cc2sc(N3CCCCC3)nc2nc1N1CCCCC1)c1cccc(C2=CCN=C2)n1. The summed E-state index contributed by atoms with van der Waals surface area (Å²) < 4.78 is 0.996. The Morgan fingerprint density at radius 3 is 2.43 bits per heavy atom. The molecule has 0 bridgehead atoms. The van der Waals surface area contributed by atoms with Crippen molar-refractivity contribution in [1.82, 2.24) is 15.0 Å². The van der Waals surface area contributed by atoms with Gasteiger partial charge in [-0.15, -0.1) is 0 Å². The van der Waals surface area contributed by atoms with Crippen LogP contribution in [-0.2, 0) is 0 Å². The number of rotatable bonds is 5. The highest BCUT2D eigenvalue weighted by Gasteiger charge is 2.23. The van der Waals surface area contributed by atoms with Crippen LogP contribution in [0.4, 0.5) is 16.6 Å². The molecule has 2 fully saturated rings. The molecule has 6 heterocycles. The highest BCUT2D eigenvalue weighted by molar-refractivity contribution is 7.22. The number of hydrogen-bond donors (Lipinski definition) is 1. The van der Waals surface area contributed by atoms with Crippen LogP contribution in [0.25, 0.3) is 15.9 Å². The van der Waals surface area contributed by atoms with Crippen LogP contribution in [0, 0.1) is 0 Å². The van der Waals surface area contributed by atoms with Crippen LogP contribution in [0.15, 0.2) is 35.3 Å². The molecule has 3 aliphatic rings. The van der Waals surface area contributed by atoms with Gasteiger partial charge in [0.1, 0.15) is 5.69 Å². The van der Waals surface area contributed by atoms with E-state index in [1.165, 1.54) is 25.7 Å². The van der Waals surface area contributed by atoms with Crippen molar-refractivity contribution < 1.29 is 4.79 Å². The summed E-state index contributed by atoms with van der Waals surface area (Å²) in [5.74, 6) is 0.574. The second-order valence-corrected chi connectivity index (χ2v) is 10.3. The number of carbonyl (C=O) groups excluding carboxylic acids is 1. The first-order valence-electron chi connectivity index (χ1n) is 12.5. The van der Waals surface area contributed by atoms with E-state index in [1.807, 2.05) is 24.3 Å². The third-order valence-electron chi connectivity index (χ3n) is 6.81. The van der Waals surface area contributed by atoms with Crippen molar-refractivity contribution in [2.75, 3.05) is 47.8 Å². The number of nitrogens with zero attached hydrogens (tertiary/aromatic N) is 6. The van der Waals surface area contributed by atoms with Gasteiger partial charge in [0.2, 0.25) is 0 Å². The molecule has 0 saturated carbocycles. The molecule has 0 unspecified atom stereocenters. The van der Waals surface area contributed by atoms with Crippen LogP contribution in [-0.4, -0.2) is 59.8 Å². The van der Waals surface area contributed by atoms with Gasteiger partial charge in [0, 0.05) is 38.0 Å². The van der Waals surface area contributed by atoms with Gasteiger partial charge in [0.15, 0.2) is 16.6 Å². The van der Waals surface area contributed by atoms with Crippen LogP contribution < -0.4 is 15.1 Å². The van der Waals surface area contributed by atoms with Gasteiger partial charge < -0.3 is 15.1 Å². The van der Waals surface area contributed by atoms with E-state index in [1.54, 1.807) is 23.6 Å². The van der Waals surface area contributed by atoms with E-state index in [0.29, 0.717) is 12.2 Å². The summed E-state index contributed by atoms with van der Waals surface area (Å²) in [5.41, 5.74) is 3.59. The lowest BCUT2D eigenvalue weighted by Gasteiger charge is -2.29. The minimum Gasteiger partial charge on any atom is -0.355 e. The molecule has 0 atom stereocenters. The lowest BCUT2D eigenvalue weighted by Crippen LogP contribution is -2.31. The lowest BCUT2D eigenvalue weighted by molar-refractivity contribution is 0.102. The molecule has 0 radical (unpaired) electrons. The molecule has 6 rings (SSSR count). The maximum absolute atomic E-state index is 13.3. The minimum absolute atomic E-state index is 0.234. The topological polar surface area (TPSA) is 86.6 Å². The fraction of sp³-hybridized carbons (Fsp3) is 0.423. The van der Waals surface area contributed by atoms with Crippen molar-refractivity contribution in [2.45, 2.75) is 38.5 Å². The third kappa shape index (κ3) is 4.65. The smallest absolute Gasteiger partial charge is 0.274 e. The summed E-state index contributed by atoms with van der Waals surface area (Å²) in [7, 11) is 0. The van der Waals surface area contributed by atoms with Gasteiger partial charge in [0.25, 0.3) is 5.91 Å². The van der Waals surface area contributed by atoms with E-state index in [0.717, 1.165) is 77.3 Å². The van der Waals surface area contributed by atoms with E-state index in [-0.39, 0.29) is 5.91 Å². The first kappa shape index (κ1) is 22.2. The van der Waals surface area contributed by atoms with Crippen molar-refractivity contribution in [1.29, 1.82) is 0 Å². The largest absolute Gasteiger partial charge is 0.355 e. The summed E-state index contributed by atoms with van der Waals surface area (Å²) >= 11 is 1.66. The molecule has 0 aliphatic carbocycles. The van der Waals surface area contributed by atoms with Crippen LogP contribution in [0.5, 0.6) is 0 Å². The number of fused-ring (bicyclic) bond motifs is 1. The van der Waals surface area contributed by atoms with Crippen molar-refractivity contribution in [3.05, 3.63) is 41.7 Å². The number of thiazole rings is 1. The van der Waals surface area contributed by atoms with Crippen molar-refractivity contribution in [3.63, 3.8) is 0 Å². The molecule has 0 spiro atoms. The minimum atomic E-state index is -0.234. The maximum atomic E-state index is 13.3. The van der Waals surface area contributed by atoms with Crippen LogP contribution in [0.1, 0.15) is 54.7 Å². The molecule has 0 aromatic carbocycles. The average molecular weight is 488 g/mol. The van der Waals surface area contributed by atoms with E-state index < -0.39 is 0 Å². The van der Waals surface area contributed by atoms with Gasteiger partial charge >= 0.3 is 0 Å². The van der Waals surface area contributed by atoms with Gasteiger partial charge in [-0.05, 0) is 56.7 Å². The molecule has 9 heteroatoms. The Labute approximate surface area is 208 Å². The predicted molar refractivity (Wildman–Crippen MR) is 143 cm³/mol. The first-order valence-corrected chi connectivity index (χ1v) is 13.4. The fourth-order valence-corrected chi connectivity index (χ4v) is 5.94.